The SMILES string of the molecule is Cc1nc2ccc(C(=O)N3CCC4(CC3)Nc3ccccc3-n3cccc34)cc2nc1C. The molecule has 1 saturated heterocycles. The van der Waals surface area contributed by atoms with Crippen LogP contribution in [0.4, 0.5) is 5.69 Å². The van der Waals surface area contributed by atoms with E-state index in [1.807, 2.05) is 36.9 Å². The summed E-state index contributed by atoms with van der Waals surface area (Å²) < 4.78 is 2.29. The van der Waals surface area contributed by atoms with Crippen molar-refractivity contribution in [1.29, 1.82) is 0 Å². The molecule has 32 heavy (non-hydrogen) atoms. The second-order valence-corrected chi connectivity index (χ2v) is 8.88. The maximum absolute atomic E-state index is 13.3. The van der Waals surface area contributed by atoms with E-state index in [1.54, 1.807) is 0 Å². The molecule has 2 aliphatic heterocycles. The van der Waals surface area contributed by atoms with Crippen LogP contribution in [0.3, 0.4) is 0 Å². The molecule has 1 amide bonds. The van der Waals surface area contributed by atoms with Crippen molar-refractivity contribution < 1.29 is 4.79 Å². The Balaban J connectivity index is 1.26. The second-order valence-electron chi connectivity index (χ2n) is 8.88. The van der Waals surface area contributed by atoms with Gasteiger partial charge in [0.05, 0.1) is 39.3 Å². The predicted octanol–water partition coefficient (Wildman–Crippen LogP) is 4.59. The zero-order valence-corrected chi connectivity index (χ0v) is 18.3. The first-order valence-electron chi connectivity index (χ1n) is 11.1. The van der Waals surface area contributed by atoms with E-state index < -0.39 is 0 Å². The third-order valence-corrected chi connectivity index (χ3v) is 7.00. The maximum atomic E-state index is 13.3. The first-order chi connectivity index (χ1) is 15.5. The summed E-state index contributed by atoms with van der Waals surface area (Å²) in [6, 6.07) is 18.4. The Morgan fingerprint density at radius 1 is 0.938 bits per heavy atom. The van der Waals surface area contributed by atoms with Gasteiger partial charge in [-0.05, 0) is 69.2 Å². The molecule has 0 aliphatic carbocycles. The molecule has 2 aromatic carbocycles. The molecule has 0 atom stereocenters. The van der Waals surface area contributed by atoms with Crippen LogP contribution in [0, 0.1) is 13.8 Å². The van der Waals surface area contributed by atoms with Crippen LogP contribution >= 0.6 is 0 Å². The molecular weight excluding hydrogens is 398 g/mol. The number of benzene rings is 2. The van der Waals surface area contributed by atoms with E-state index in [4.69, 9.17) is 0 Å². The van der Waals surface area contributed by atoms with Crippen LogP contribution in [0.5, 0.6) is 0 Å². The lowest BCUT2D eigenvalue weighted by molar-refractivity contribution is 0.0676. The minimum Gasteiger partial charge on any atom is -0.372 e. The number of fused-ring (bicyclic) bond motifs is 5. The number of hydrogen-bond donors (Lipinski definition) is 1. The number of amides is 1. The van der Waals surface area contributed by atoms with E-state index in [9.17, 15) is 4.79 Å². The van der Waals surface area contributed by atoms with Crippen molar-refractivity contribution in [3.8, 4) is 5.69 Å². The van der Waals surface area contributed by atoms with Crippen molar-refractivity contribution in [3.63, 3.8) is 0 Å². The largest absolute Gasteiger partial charge is 0.372 e. The fourth-order valence-electron chi connectivity index (χ4n) is 5.11. The van der Waals surface area contributed by atoms with E-state index in [0.717, 1.165) is 41.0 Å². The van der Waals surface area contributed by atoms with Gasteiger partial charge in [0.1, 0.15) is 0 Å². The number of aromatic nitrogens is 3. The average molecular weight is 424 g/mol. The highest BCUT2D eigenvalue weighted by molar-refractivity contribution is 5.97. The molecule has 0 unspecified atom stereocenters. The van der Waals surface area contributed by atoms with Gasteiger partial charge in [0.2, 0.25) is 0 Å². The van der Waals surface area contributed by atoms with Gasteiger partial charge in [0.25, 0.3) is 5.91 Å². The van der Waals surface area contributed by atoms with Gasteiger partial charge >= 0.3 is 0 Å². The number of carbonyl (C=O) groups excluding carboxylic acids is 1. The molecule has 160 valence electrons. The zero-order chi connectivity index (χ0) is 21.9. The van der Waals surface area contributed by atoms with Crippen LogP contribution < -0.4 is 5.32 Å². The molecule has 6 heteroatoms. The minimum atomic E-state index is -0.155. The predicted molar refractivity (Wildman–Crippen MR) is 125 cm³/mol. The van der Waals surface area contributed by atoms with E-state index in [1.165, 1.54) is 11.4 Å². The highest BCUT2D eigenvalue weighted by Crippen LogP contribution is 2.43. The van der Waals surface area contributed by atoms with E-state index >= 15 is 0 Å². The number of anilines is 1. The highest BCUT2D eigenvalue weighted by Gasteiger charge is 2.42. The van der Waals surface area contributed by atoms with Gasteiger partial charge < -0.3 is 14.8 Å². The Morgan fingerprint density at radius 2 is 1.69 bits per heavy atom. The first-order valence-corrected chi connectivity index (χ1v) is 11.1. The van der Waals surface area contributed by atoms with Crippen molar-refractivity contribution in [2.75, 3.05) is 18.4 Å². The minimum absolute atomic E-state index is 0.0633. The van der Waals surface area contributed by atoms with Gasteiger partial charge in [-0.1, -0.05) is 12.1 Å². The Kier molecular flexibility index (Phi) is 4.12. The van der Waals surface area contributed by atoms with Crippen molar-refractivity contribution in [2.24, 2.45) is 0 Å². The number of rotatable bonds is 1. The summed E-state index contributed by atoms with van der Waals surface area (Å²) in [6.07, 6.45) is 3.86. The molecule has 6 nitrogen and oxygen atoms in total. The quantitative estimate of drug-likeness (QED) is 0.486. The fourth-order valence-corrected chi connectivity index (χ4v) is 5.11. The number of hydrogen-bond acceptors (Lipinski definition) is 4. The molecule has 2 aliphatic rings. The van der Waals surface area contributed by atoms with Crippen LogP contribution in [0.1, 0.15) is 40.3 Å². The lowest BCUT2D eigenvalue weighted by Crippen LogP contribution is -2.51. The summed E-state index contributed by atoms with van der Waals surface area (Å²) in [5, 5.41) is 3.81. The molecule has 0 saturated carbocycles. The number of carbonyl (C=O) groups is 1. The highest BCUT2D eigenvalue weighted by atomic mass is 16.2. The number of nitrogens with zero attached hydrogens (tertiary/aromatic N) is 4. The van der Waals surface area contributed by atoms with Crippen molar-refractivity contribution >= 4 is 22.6 Å². The van der Waals surface area contributed by atoms with Gasteiger partial charge in [-0.2, -0.15) is 0 Å². The smallest absolute Gasteiger partial charge is 0.253 e. The molecule has 2 aromatic heterocycles. The third-order valence-electron chi connectivity index (χ3n) is 7.00. The summed E-state index contributed by atoms with van der Waals surface area (Å²) in [5.74, 6) is 0.0633. The Bertz CT molecular complexity index is 1360. The van der Waals surface area contributed by atoms with Gasteiger partial charge in [0.15, 0.2) is 0 Å². The van der Waals surface area contributed by atoms with Gasteiger partial charge in [0, 0.05) is 30.5 Å². The van der Waals surface area contributed by atoms with Gasteiger partial charge in [-0.15, -0.1) is 0 Å². The molecule has 1 spiro atoms. The average Bonchev–Trinajstić information content (AvgIpc) is 3.31. The molecule has 4 aromatic rings. The number of nitrogens with one attached hydrogen (secondary N) is 1. The lowest BCUT2D eigenvalue weighted by atomic mass is 9.82. The Morgan fingerprint density at radius 3 is 2.50 bits per heavy atom. The summed E-state index contributed by atoms with van der Waals surface area (Å²) in [6.45, 7) is 5.32. The van der Waals surface area contributed by atoms with Crippen LogP contribution in [0.2, 0.25) is 0 Å². The molecule has 0 bridgehead atoms. The zero-order valence-electron chi connectivity index (χ0n) is 18.3. The standard InChI is InChI=1S/C26H25N5O/c1-17-18(2)28-22-16-19(9-10-20(22)27-17)25(32)30-14-11-26(12-15-30)24-8-5-13-31(24)23-7-4-3-6-21(23)29-26/h3-10,13,16,29H,11-12,14-15H2,1-2H3. The number of para-hydroxylation sites is 2. The van der Waals surface area contributed by atoms with Crippen LogP contribution in [-0.4, -0.2) is 38.4 Å². The molecule has 0 radical (unpaired) electrons. The summed E-state index contributed by atoms with van der Waals surface area (Å²) in [4.78, 5) is 24.5. The van der Waals surface area contributed by atoms with Crippen LogP contribution in [-0.2, 0) is 5.54 Å². The number of piperidine rings is 1. The normalized spacial score (nSPS) is 16.5. The van der Waals surface area contributed by atoms with E-state index in [0.29, 0.717) is 18.7 Å². The summed E-state index contributed by atoms with van der Waals surface area (Å²) in [5.41, 5.74) is 7.54. The van der Waals surface area contributed by atoms with E-state index in [2.05, 4.69) is 62.4 Å². The van der Waals surface area contributed by atoms with Gasteiger partial charge in [-0.3, -0.25) is 4.79 Å². The Hall–Kier alpha value is -3.67. The maximum Gasteiger partial charge on any atom is 0.253 e. The van der Waals surface area contributed by atoms with Crippen LogP contribution in [0.25, 0.3) is 16.7 Å². The molecule has 1 fully saturated rings. The summed E-state index contributed by atoms with van der Waals surface area (Å²) >= 11 is 0. The third kappa shape index (κ3) is 2.83. The topological polar surface area (TPSA) is 63.1 Å². The fraction of sp³-hybridized carbons (Fsp3) is 0.269. The van der Waals surface area contributed by atoms with E-state index in [-0.39, 0.29) is 11.4 Å². The van der Waals surface area contributed by atoms with Crippen molar-refractivity contribution in [1.82, 2.24) is 19.4 Å². The van der Waals surface area contributed by atoms with Gasteiger partial charge in [-0.25, -0.2) is 9.97 Å². The van der Waals surface area contributed by atoms with Crippen molar-refractivity contribution in [3.05, 3.63) is 83.4 Å². The first kappa shape index (κ1) is 19.0. The lowest BCUT2D eigenvalue weighted by Gasteiger charge is -2.46. The number of likely N-dealkylation sites (tertiary alicyclic amines) is 1. The molecule has 4 heterocycles. The monoisotopic (exact) mass is 423 g/mol. The number of aryl methyl sites for hydroxylation is 2. The summed E-state index contributed by atoms with van der Waals surface area (Å²) in [7, 11) is 0. The Labute approximate surface area is 186 Å². The van der Waals surface area contributed by atoms with Crippen molar-refractivity contribution in [2.45, 2.75) is 32.2 Å². The molecule has 6 rings (SSSR count). The molecule has 1 N–H and O–H groups in total. The molecular formula is C26H25N5O. The second kappa shape index (κ2) is 6.92. The van der Waals surface area contributed by atoms with Crippen LogP contribution in [0.15, 0.2) is 60.8 Å².